The molecule has 1 aromatic carbocycles. The molecule has 2 heterocycles. The highest BCUT2D eigenvalue weighted by atomic mass is 32.2. The lowest BCUT2D eigenvalue weighted by atomic mass is 10.0. The van der Waals surface area contributed by atoms with Crippen molar-refractivity contribution in [2.45, 2.75) is 18.9 Å². The van der Waals surface area contributed by atoms with Gasteiger partial charge in [-0.3, -0.25) is 4.79 Å². The van der Waals surface area contributed by atoms with Gasteiger partial charge >= 0.3 is 0 Å². The van der Waals surface area contributed by atoms with E-state index in [1.54, 1.807) is 17.2 Å². The number of thiazole rings is 1. The first-order chi connectivity index (χ1) is 11.4. The third-order valence-electron chi connectivity index (χ3n) is 3.95. The molecule has 1 saturated heterocycles. The van der Waals surface area contributed by atoms with Crippen molar-refractivity contribution in [2.24, 2.45) is 0 Å². The summed E-state index contributed by atoms with van der Waals surface area (Å²) in [6, 6.07) is 7.38. The number of nitrogens with one attached hydrogen (secondary N) is 1. The largest absolute Gasteiger partial charge is 0.339 e. The first kappa shape index (κ1) is 17.1. The second kappa shape index (κ2) is 7.00. The minimum absolute atomic E-state index is 0.0220. The Bertz CT molecular complexity index is 811. The highest BCUT2D eigenvalue weighted by Gasteiger charge is 2.25. The van der Waals surface area contributed by atoms with Crippen LogP contribution < -0.4 is 4.72 Å². The Morgan fingerprint density at radius 1 is 1.33 bits per heavy atom. The zero-order valence-electron chi connectivity index (χ0n) is 13.3. The van der Waals surface area contributed by atoms with E-state index in [0.29, 0.717) is 31.5 Å². The predicted octanol–water partition coefficient (Wildman–Crippen LogP) is 1.96. The van der Waals surface area contributed by atoms with Crippen molar-refractivity contribution in [3.63, 3.8) is 0 Å². The van der Waals surface area contributed by atoms with E-state index in [9.17, 15) is 13.2 Å². The highest BCUT2D eigenvalue weighted by molar-refractivity contribution is 7.88. The summed E-state index contributed by atoms with van der Waals surface area (Å²) in [5.41, 5.74) is 1.57. The van der Waals surface area contributed by atoms with Crippen LogP contribution in [0.5, 0.6) is 0 Å². The van der Waals surface area contributed by atoms with Gasteiger partial charge in [0.05, 0.1) is 6.26 Å². The first-order valence-corrected chi connectivity index (χ1v) is 10.5. The monoisotopic (exact) mass is 365 g/mol. The van der Waals surface area contributed by atoms with Crippen molar-refractivity contribution in [2.75, 3.05) is 19.3 Å². The molecule has 0 aliphatic carbocycles. The average Bonchev–Trinajstić information content (AvgIpc) is 3.08. The van der Waals surface area contributed by atoms with Gasteiger partial charge in [-0.25, -0.2) is 18.1 Å². The third kappa shape index (κ3) is 4.19. The summed E-state index contributed by atoms with van der Waals surface area (Å²) >= 11 is 1.54. The third-order valence-corrected chi connectivity index (χ3v) is 5.54. The number of hydrogen-bond acceptors (Lipinski definition) is 5. The number of amides is 1. The molecule has 1 fully saturated rings. The minimum Gasteiger partial charge on any atom is -0.339 e. The fourth-order valence-electron chi connectivity index (χ4n) is 2.84. The van der Waals surface area contributed by atoms with Crippen LogP contribution in [0.2, 0.25) is 0 Å². The number of piperidine rings is 1. The van der Waals surface area contributed by atoms with Crippen molar-refractivity contribution >= 4 is 27.3 Å². The topological polar surface area (TPSA) is 79.4 Å². The van der Waals surface area contributed by atoms with E-state index in [2.05, 4.69) is 9.71 Å². The number of sulfonamides is 1. The number of nitrogens with zero attached hydrogens (tertiary/aromatic N) is 2. The molecule has 128 valence electrons. The maximum atomic E-state index is 12.7. The molecule has 0 saturated carbocycles. The van der Waals surface area contributed by atoms with E-state index in [1.807, 2.05) is 23.6 Å². The molecule has 6 nitrogen and oxygen atoms in total. The van der Waals surface area contributed by atoms with E-state index in [-0.39, 0.29) is 11.9 Å². The Balaban J connectivity index is 1.67. The molecule has 24 heavy (non-hydrogen) atoms. The maximum absolute atomic E-state index is 12.7. The fraction of sp³-hybridized carbons (Fsp3) is 0.375. The molecule has 0 bridgehead atoms. The molecule has 1 amide bonds. The van der Waals surface area contributed by atoms with E-state index >= 15 is 0 Å². The molecule has 8 heteroatoms. The van der Waals surface area contributed by atoms with E-state index in [1.165, 1.54) is 11.3 Å². The molecule has 1 N–H and O–H groups in total. The Labute approximate surface area is 145 Å². The van der Waals surface area contributed by atoms with Crippen LogP contribution in [0.1, 0.15) is 23.2 Å². The molecule has 0 radical (unpaired) electrons. The lowest BCUT2D eigenvalue weighted by molar-refractivity contribution is 0.0711. The normalized spacial score (nSPS) is 16.3. The molecule has 0 atom stereocenters. The van der Waals surface area contributed by atoms with E-state index < -0.39 is 10.0 Å². The Morgan fingerprint density at radius 2 is 2.08 bits per heavy atom. The Morgan fingerprint density at radius 3 is 2.71 bits per heavy atom. The molecular weight excluding hydrogens is 346 g/mol. The number of rotatable bonds is 4. The summed E-state index contributed by atoms with van der Waals surface area (Å²) in [4.78, 5) is 18.7. The standard InChI is InChI=1S/C16H19N3O3S2/c1-24(21,22)18-14-5-8-19(9-6-14)16(20)13-4-2-3-12(11-13)15-17-7-10-23-15/h2-4,7,10-11,14,18H,5-6,8-9H2,1H3. The first-order valence-electron chi connectivity index (χ1n) is 7.69. The van der Waals surface area contributed by atoms with Crippen LogP contribution in [0.4, 0.5) is 0 Å². The Hall–Kier alpha value is -1.77. The quantitative estimate of drug-likeness (QED) is 0.898. The number of carbonyl (C=O) groups is 1. The molecule has 1 aliphatic heterocycles. The summed E-state index contributed by atoms with van der Waals surface area (Å²) in [6.45, 7) is 1.10. The van der Waals surface area contributed by atoms with Crippen LogP contribution in [0, 0.1) is 0 Å². The molecule has 0 unspecified atom stereocenters. The molecule has 3 rings (SSSR count). The van der Waals surface area contributed by atoms with Crippen molar-refractivity contribution in [3.05, 3.63) is 41.4 Å². The van der Waals surface area contributed by atoms with Crippen molar-refractivity contribution in [3.8, 4) is 10.6 Å². The molecule has 1 aromatic heterocycles. The van der Waals surface area contributed by atoms with Crippen molar-refractivity contribution in [1.29, 1.82) is 0 Å². The van der Waals surface area contributed by atoms with Gasteiger partial charge in [0.2, 0.25) is 10.0 Å². The van der Waals surface area contributed by atoms with Gasteiger partial charge in [-0.05, 0) is 25.0 Å². The number of carbonyl (C=O) groups excluding carboxylic acids is 1. The zero-order chi connectivity index (χ0) is 17.2. The summed E-state index contributed by atoms with van der Waals surface area (Å²) < 4.78 is 25.2. The highest BCUT2D eigenvalue weighted by Crippen LogP contribution is 2.23. The molecule has 2 aromatic rings. The van der Waals surface area contributed by atoms with Gasteiger partial charge in [0.15, 0.2) is 0 Å². The van der Waals surface area contributed by atoms with Crippen molar-refractivity contribution < 1.29 is 13.2 Å². The van der Waals surface area contributed by atoms with Crippen LogP contribution >= 0.6 is 11.3 Å². The van der Waals surface area contributed by atoms with Gasteiger partial charge in [-0.15, -0.1) is 11.3 Å². The minimum atomic E-state index is -3.20. The van der Waals surface area contributed by atoms with Crippen molar-refractivity contribution in [1.82, 2.24) is 14.6 Å². The fourth-order valence-corrected chi connectivity index (χ4v) is 4.31. The van der Waals surface area contributed by atoms with E-state index in [4.69, 9.17) is 0 Å². The van der Waals surface area contributed by atoms with Gasteiger partial charge in [0.25, 0.3) is 5.91 Å². The Kier molecular flexibility index (Phi) is 4.98. The summed E-state index contributed by atoms with van der Waals surface area (Å²) in [7, 11) is -3.20. The smallest absolute Gasteiger partial charge is 0.253 e. The molecule has 0 spiro atoms. The number of benzene rings is 1. The number of hydrogen-bond donors (Lipinski definition) is 1. The van der Waals surface area contributed by atoms with Gasteiger partial charge < -0.3 is 4.90 Å². The van der Waals surface area contributed by atoms with Gasteiger partial charge in [0.1, 0.15) is 5.01 Å². The number of likely N-dealkylation sites (tertiary alicyclic amines) is 1. The second-order valence-electron chi connectivity index (χ2n) is 5.87. The van der Waals surface area contributed by atoms with Crippen LogP contribution in [-0.2, 0) is 10.0 Å². The summed E-state index contributed by atoms with van der Waals surface area (Å²) in [5.74, 6) is -0.0220. The van der Waals surface area contributed by atoms with Gasteiger partial charge in [-0.1, -0.05) is 12.1 Å². The average molecular weight is 365 g/mol. The van der Waals surface area contributed by atoms with E-state index in [0.717, 1.165) is 16.8 Å². The van der Waals surface area contributed by atoms with Crippen LogP contribution in [0.3, 0.4) is 0 Å². The maximum Gasteiger partial charge on any atom is 0.253 e. The lowest BCUT2D eigenvalue weighted by Crippen LogP contribution is -2.46. The summed E-state index contributed by atoms with van der Waals surface area (Å²) in [6.07, 6.45) is 4.17. The molecule has 1 aliphatic rings. The number of aromatic nitrogens is 1. The van der Waals surface area contributed by atoms with Gasteiger partial charge in [0, 0.05) is 41.8 Å². The van der Waals surface area contributed by atoms with Crippen LogP contribution in [-0.4, -0.2) is 49.6 Å². The van der Waals surface area contributed by atoms with Gasteiger partial charge in [-0.2, -0.15) is 0 Å². The second-order valence-corrected chi connectivity index (χ2v) is 8.55. The lowest BCUT2D eigenvalue weighted by Gasteiger charge is -2.32. The van der Waals surface area contributed by atoms with Crippen LogP contribution in [0.15, 0.2) is 35.8 Å². The zero-order valence-corrected chi connectivity index (χ0v) is 14.9. The summed E-state index contributed by atoms with van der Waals surface area (Å²) in [5, 5.41) is 2.80. The molecular formula is C16H19N3O3S2. The van der Waals surface area contributed by atoms with Crippen LogP contribution in [0.25, 0.3) is 10.6 Å². The SMILES string of the molecule is CS(=O)(=O)NC1CCN(C(=O)c2cccc(-c3nccs3)c2)CC1. The predicted molar refractivity (Wildman–Crippen MR) is 94.5 cm³/mol.